The summed E-state index contributed by atoms with van der Waals surface area (Å²) >= 11 is -2.83. The molecule has 8 heteroatoms. The van der Waals surface area contributed by atoms with Crippen LogP contribution in [0.25, 0.3) is 0 Å². The van der Waals surface area contributed by atoms with E-state index in [0.717, 1.165) is 18.2 Å². The van der Waals surface area contributed by atoms with Gasteiger partial charge in [-0.05, 0) is 0 Å². The molecule has 0 aliphatic carbocycles. The van der Waals surface area contributed by atoms with E-state index in [1.807, 2.05) is 12.1 Å². The molecule has 0 spiro atoms. The first kappa shape index (κ1) is 32.0. The van der Waals surface area contributed by atoms with Gasteiger partial charge >= 0.3 is 232 Å². The number of aromatic nitrogens is 3. The second-order valence-electron chi connectivity index (χ2n) is 11.8. The second-order valence-corrected chi connectivity index (χ2v) is 30.3. The number of rotatable bonds is 18. The molecule has 0 saturated heterocycles. The molecule has 0 aromatic carbocycles. The molecule has 2 aromatic rings. The van der Waals surface area contributed by atoms with E-state index in [4.69, 9.17) is 9.72 Å². The Morgan fingerprint density at radius 1 is 1.00 bits per heavy atom. The molecule has 1 N–H and O–H groups in total. The number of carbonyl (C=O) groups excluding carboxylic acids is 1. The molecule has 0 saturated carbocycles. The summed E-state index contributed by atoms with van der Waals surface area (Å²) in [6, 6.07) is 4.99. The number of nitrogens with zero attached hydrogens (tertiary/aromatic N) is 3. The molecule has 37 heavy (non-hydrogen) atoms. The number of imidazole rings is 1. The first-order valence-corrected chi connectivity index (χ1v) is 25.7. The molecule has 2 rings (SSSR count). The van der Waals surface area contributed by atoms with Crippen molar-refractivity contribution in [2.75, 3.05) is 6.61 Å². The van der Waals surface area contributed by atoms with E-state index in [2.05, 4.69) is 62.2 Å². The van der Waals surface area contributed by atoms with Gasteiger partial charge in [0, 0.05) is 0 Å². The van der Waals surface area contributed by atoms with Gasteiger partial charge in [0.05, 0.1) is 0 Å². The minimum atomic E-state index is -2.83. The number of nitrogens with one attached hydrogen (secondary N) is 1. The van der Waals surface area contributed by atoms with E-state index in [9.17, 15) is 4.79 Å². The summed E-state index contributed by atoms with van der Waals surface area (Å²) in [5, 5.41) is 3.12. The zero-order chi connectivity index (χ0) is 27.3. The van der Waals surface area contributed by atoms with Gasteiger partial charge < -0.3 is 0 Å². The van der Waals surface area contributed by atoms with Crippen molar-refractivity contribution in [3.8, 4) is 0 Å². The molecule has 0 aliphatic heterocycles. The van der Waals surface area contributed by atoms with Crippen molar-refractivity contribution in [3.63, 3.8) is 0 Å². The van der Waals surface area contributed by atoms with Crippen LogP contribution in [0.15, 0.2) is 24.5 Å². The van der Waals surface area contributed by atoms with Gasteiger partial charge in [-0.25, -0.2) is 0 Å². The molecule has 208 valence electrons. The Bertz CT molecular complexity index is 922. The molecule has 2 heterocycles. The number of unbranched alkanes of at least 4 members (excludes halogenated alkanes) is 3. The Labute approximate surface area is 231 Å². The Balaban J connectivity index is 2.44. The van der Waals surface area contributed by atoms with Gasteiger partial charge in [-0.15, -0.1) is 0 Å². The Kier molecular flexibility index (Phi) is 13.9. The SMILES string of the molecule is CCC[CH2][Sn]([CH2]CCC)([CH2]CCC)[c]1nc(C(=O)NCc2ccncc2)n(COCC[Si](C)(C)C)c1C. The van der Waals surface area contributed by atoms with Crippen molar-refractivity contribution in [2.45, 2.75) is 118 Å². The van der Waals surface area contributed by atoms with Crippen LogP contribution in [0.4, 0.5) is 0 Å². The number of hydrogen-bond acceptors (Lipinski definition) is 4. The summed E-state index contributed by atoms with van der Waals surface area (Å²) in [5.41, 5.74) is 2.22. The van der Waals surface area contributed by atoms with E-state index in [1.165, 1.54) is 61.2 Å². The fourth-order valence-electron chi connectivity index (χ4n) is 4.94. The third-order valence-electron chi connectivity index (χ3n) is 7.37. The van der Waals surface area contributed by atoms with Crippen molar-refractivity contribution in [2.24, 2.45) is 0 Å². The van der Waals surface area contributed by atoms with Crippen LogP contribution in [0.3, 0.4) is 0 Å². The number of pyridine rings is 1. The van der Waals surface area contributed by atoms with Crippen molar-refractivity contribution in [3.05, 3.63) is 41.6 Å². The molecule has 2 aromatic heterocycles. The van der Waals surface area contributed by atoms with E-state index in [-0.39, 0.29) is 5.91 Å². The third-order valence-corrected chi connectivity index (χ3v) is 24.5. The summed E-state index contributed by atoms with van der Waals surface area (Å²) in [5.74, 6) is 0.418. The average molecular weight is 636 g/mol. The molecular weight excluding hydrogens is 583 g/mol. The molecule has 0 bridgehead atoms. The number of amides is 1. The average Bonchev–Trinajstić information content (AvgIpc) is 3.21. The van der Waals surface area contributed by atoms with Crippen LogP contribution in [-0.2, 0) is 18.0 Å². The van der Waals surface area contributed by atoms with Crippen molar-refractivity contribution < 1.29 is 9.53 Å². The summed E-state index contributed by atoms with van der Waals surface area (Å²) in [6.45, 7) is 17.8. The molecular formula is C29H52N4O2SiSn. The summed E-state index contributed by atoms with van der Waals surface area (Å²) < 4.78 is 13.6. The minimum absolute atomic E-state index is 0.110. The van der Waals surface area contributed by atoms with Crippen LogP contribution in [-0.4, -0.2) is 53.5 Å². The Morgan fingerprint density at radius 2 is 1.57 bits per heavy atom. The fraction of sp³-hybridized carbons (Fsp3) is 0.690. The molecule has 0 aliphatic rings. The van der Waals surface area contributed by atoms with Gasteiger partial charge in [0.1, 0.15) is 0 Å². The van der Waals surface area contributed by atoms with Gasteiger partial charge in [0.2, 0.25) is 0 Å². The Morgan fingerprint density at radius 3 is 2.08 bits per heavy atom. The zero-order valence-electron chi connectivity index (χ0n) is 24.7. The monoisotopic (exact) mass is 636 g/mol. The van der Waals surface area contributed by atoms with E-state index >= 15 is 0 Å². The topological polar surface area (TPSA) is 69.0 Å². The van der Waals surface area contributed by atoms with Crippen molar-refractivity contribution in [1.29, 1.82) is 0 Å². The van der Waals surface area contributed by atoms with E-state index < -0.39 is 26.5 Å². The maximum absolute atomic E-state index is 13.5. The van der Waals surface area contributed by atoms with Crippen LogP contribution in [0.5, 0.6) is 0 Å². The van der Waals surface area contributed by atoms with Crippen LogP contribution >= 0.6 is 0 Å². The van der Waals surface area contributed by atoms with Gasteiger partial charge in [0.15, 0.2) is 0 Å². The second kappa shape index (κ2) is 16.0. The van der Waals surface area contributed by atoms with Gasteiger partial charge in [0.25, 0.3) is 0 Å². The van der Waals surface area contributed by atoms with Gasteiger partial charge in [-0.2, -0.15) is 0 Å². The van der Waals surface area contributed by atoms with Crippen LogP contribution in [0, 0.1) is 6.92 Å². The third kappa shape index (κ3) is 10.1. The van der Waals surface area contributed by atoms with Crippen molar-refractivity contribution >= 4 is 36.1 Å². The standard InChI is InChI=1S/C17H25N4O2Si.3C4H9.Sn/c1-14-11-19-16(21(14)13-23-9-10-24(2,3)4)17(22)20-12-15-5-7-18-8-6-15;3*1-3-4-2;/h5-8H,9-10,12-13H2,1-4H3,(H,20,22);3*1,3-4H2,2H3;. The molecule has 1 amide bonds. The zero-order valence-corrected chi connectivity index (χ0v) is 28.5. The predicted molar refractivity (Wildman–Crippen MR) is 161 cm³/mol. The quantitative estimate of drug-likeness (QED) is 0.143. The first-order chi connectivity index (χ1) is 17.7. The maximum atomic E-state index is 13.5. The molecule has 0 fully saturated rings. The van der Waals surface area contributed by atoms with Crippen LogP contribution in [0.1, 0.15) is 81.2 Å². The fourth-order valence-corrected chi connectivity index (χ4v) is 22.2. The normalized spacial score (nSPS) is 12.2. The van der Waals surface area contributed by atoms with E-state index in [0.29, 0.717) is 19.1 Å². The molecule has 6 nitrogen and oxygen atoms in total. The van der Waals surface area contributed by atoms with Crippen LogP contribution < -0.4 is 9.03 Å². The summed E-state index contributed by atoms with van der Waals surface area (Å²) in [4.78, 5) is 22.9. The first-order valence-electron chi connectivity index (χ1n) is 14.5. The Hall–Kier alpha value is -1.19. The number of ether oxygens (including phenoxy) is 1. The molecule has 0 radical (unpaired) electrons. The van der Waals surface area contributed by atoms with E-state index in [1.54, 1.807) is 12.4 Å². The molecule has 0 unspecified atom stereocenters. The van der Waals surface area contributed by atoms with Gasteiger partial charge in [-0.3, -0.25) is 0 Å². The number of carbonyl (C=O) groups is 1. The molecule has 0 atom stereocenters. The van der Waals surface area contributed by atoms with Gasteiger partial charge in [-0.1, -0.05) is 0 Å². The van der Waals surface area contributed by atoms with Crippen molar-refractivity contribution in [1.82, 2.24) is 19.9 Å². The van der Waals surface area contributed by atoms with Crippen LogP contribution in [0.2, 0.25) is 39.0 Å². The predicted octanol–water partition coefficient (Wildman–Crippen LogP) is 6.88. The number of hydrogen-bond donors (Lipinski definition) is 1. The summed E-state index contributed by atoms with van der Waals surface area (Å²) in [7, 11) is -1.19. The summed E-state index contributed by atoms with van der Waals surface area (Å²) in [6.07, 6.45) is 11.0.